The van der Waals surface area contributed by atoms with Gasteiger partial charge in [-0.3, -0.25) is 4.98 Å². The normalized spacial score (nSPS) is 12.7. The Morgan fingerprint density at radius 2 is 2.26 bits per heavy atom. The monoisotopic (exact) mass is 256 g/mol. The fourth-order valence-electron chi connectivity index (χ4n) is 2.11. The molecular weight excluding hydrogens is 244 g/mol. The number of nitrogens with zero attached hydrogens (tertiary/aromatic N) is 2. The highest BCUT2D eigenvalue weighted by molar-refractivity contribution is 5.73. The molecule has 6 heteroatoms. The Bertz CT molecular complexity index is 748. The van der Waals surface area contributed by atoms with Gasteiger partial charge in [-0.05, 0) is 23.8 Å². The van der Waals surface area contributed by atoms with Crippen LogP contribution in [0.25, 0.3) is 11.1 Å². The van der Waals surface area contributed by atoms with Gasteiger partial charge in [-0.15, -0.1) is 0 Å². The smallest absolute Gasteiger partial charge is 0.408 e. The van der Waals surface area contributed by atoms with E-state index in [1.54, 1.807) is 12.3 Å². The van der Waals surface area contributed by atoms with Crippen molar-refractivity contribution in [1.29, 1.82) is 0 Å². The van der Waals surface area contributed by atoms with E-state index in [1.165, 1.54) is 6.33 Å². The summed E-state index contributed by atoms with van der Waals surface area (Å²) in [6, 6.07) is 7.36. The second-order valence-electron chi connectivity index (χ2n) is 4.19. The van der Waals surface area contributed by atoms with Gasteiger partial charge in [-0.1, -0.05) is 6.07 Å². The van der Waals surface area contributed by atoms with E-state index in [0.717, 1.165) is 11.3 Å². The minimum atomic E-state index is -0.460. The lowest BCUT2D eigenvalue weighted by Gasteiger charge is -2.13. The Labute approximate surface area is 108 Å². The van der Waals surface area contributed by atoms with Crippen LogP contribution in [0.5, 0.6) is 0 Å². The third kappa shape index (κ3) is 2.13. The Morgan fingerprint density at radius 1 is 1.37 bits per heavy atom. The number of fused-ring (bicyclic) bond motifs is 1. The fourth-order valence-corrected chi connectivity index (χ4v) is 2.11. The van der Waals surface area contributed by atoms with Crippen molar-refractivity contribution in [3.8, 4) is 0 Å². The molecule has 3 rings (SSSR count). The van der Waals surface area contributed by atoms with Crippen LogP contribution < -0.4 is 11.5 Å². The fraction of sp³-hybridized carbons (Fsp3) is 0.154. The summed E-state index contributed by atoms with van der Waals surface area (Å²) in [5, 5.41) is 0. The van der Waals surface area contributed by atoms with Gasteiger partial charge in [0.05, 0.1) is 11.2 Å². The second kappa shape index (κ2) is 4.66. The summed E-state index contributed by atoms with van der Waals surface area (Å²) in [5.41, 5.74) is 8.82. The van der Waals surface area contributed by atoms with Gasteiger partial charge in [0.15, 0.2) is 5.58 Å². The average molecular weight is 256 g/mol. The van der Waals surface area contributed by atoms with Crippen LogP contribution in [-0.2, 0) is 0 Å². The summed E-state index contributed by atoms with van der Waals surface area (Å²) in [5.74, 6) is -0.508. The molecule has 0 amide bonds. The summed E-state index contributed by atoms with van der Waals surface area (Å²) in [7, 11) is 0. The van der Waals surface area contributed by atoms with Crippen LogP contribution in [0.3, 0.4) is 0 Å². The SMILES string of the molecule is NCC(c1ccc2[nH]c(=O)oc2c1)c1ccncn1. The summed E-state index contributed by atoms with van der Waals surface area (Å²) in [6.45, 7) is 0.414. The van der Waals surface area contributed by atoms with Crippen molar-refractivity contribution < 1.29 is 4.42 Å². The number of nitrogens with one attached hydrogen (secondary N) is 1. The highest BCUT2D eigenvalue weighted by Gasteiger charge is 2.15. The maximum Gasteiger partial charge on any atom is 0.417 e. The van der Waals surface area contributed by atoms with Crippen molar-refractivity contribution in [3.05, 3.63) is 58.6 Å². The van der Waals surface area contributed by atoms with Crippen molar-refractivity contribution in [1.82, 2.24) is 15.0 Å². The molecule has 96 valence electrons. The van der Waals surface area contributed by atoms with Crippen LogP contribution in [0.4, 0.5) is 0 Å². The molecule has 0 aliphatic carbocycles. The molecule has 0 aliphatic rings. The molecule has 0 saturated carbocycles. The van der Waals surface area contributed by atoms with Crippen molar-refractivity contribution >= 4 is 11.1 Å². The summed E-state index contributed by atoms with van der Waals surface area (Å²) < 4.78 is 5.05. The van der Waals surface area contributed by atoms with E-state index in [1.807, 2.05) is 18.2 Å². The lowest BCUT2D eigenvalue weighted by molar-refractivity contribution is 0.554. The molecular formula is C13H12N4O2. The largest absolute Gasteiger partial charge is 0.417 e. The van der Waals surface area contributed by atoms with Gasteiger partial charge < -0.3 is 10.2 Å². The summed E-state index contributed by atoms with van der Waals surface area (Å²) in [6.07, 6.45) is 3.17. The van der Waals surface area contributed by atoms with Crippen LogP contribution in [0, 0.1) is 0 Å². The number of oxazole rings is 1. The first-order chi connectivity index (χ1) is 9.28. The number of nitrogens with two attached hydrogens (primary N) is 1. The lowest BCUT2D eigenvalue weighted by Crippen LogP contribution is -2.15. The minimum absolute atomic E-state index is 0.0485. The van der Waals surface area contributed by atoms with E-state index in [4.69, 9.17) is 10.2 Å². The quantitative estimate of drug-likeness (QED) is 0.728. The average Bonchev–Trinajstić information content (AvgIpc) is 2.80. The van der Waals surface area contributed by atoms with Crippen LogP contribution in [0.15, 0.2) is 46.0 Å². The van der Waals surface area contributed by atoms with Gasteiger partial charge in [0.25, 0.3) is 0 Å². The number of aromatic amines is 1. The second-order valence-corrected chi connectivity index (χ2v) is 4.19. The Balaban J connectivity index is 2.08. The molecule has 0 fully saturated rings. The molecule has 0 spiro atoms. The van der Waals surface area contributed by atoms with Gasteiger partial charge in [-0.25, -0.2) is 14.8 Å². The van der Waals surface area contributed by atoms with Gasteiger partial charge in [0, 0.05) is 18.7 Å². The van der Waals surface area contributed by atoms with Crippen molar-refractivity contribution in [2.45, 2.75) is 5.92 Å². The van der Waals surface area contributed by atoms with E-state index in [2.05, 4.69) is 15.0 Å². The number of hydrogen-bond donors (Lipinski definition) is 2. The molecule has 0 bridgehead atoms. The molecule has 1 unspecified atom stereocenters. The molecule has 6 nitrogen and oxygen atoms in total. The van der Waals surface area contributed by atoms with E-state index >= 15 is 0 Å². The van der Waals surface area contributed by atoms with E-state index in [-0.39, 0.29) is 5.92 Å². The highest BCUT2D eigenvalue weighted by Crippen LogP contribution is 2.24. The first kappa shape index (κ1) is 11.6. The highest BCUT2D eigenvalue weighted by atomic mass is 16.4. The predicted octanol–water partition coefficient (Wildman–Crippen LogP) is 1.00. The number of rotatable bonds is 3. The number of benzene rings is 1. The molecule has 0 saturated heterocycles. The van der Waals surface area contributed by atoms with Crippen LogP contribution in [0.2, 0.25) is 0 Å². The zero-order valence-electron chi connectivity index (χ0n) is 10.0. The molecule has 3 aromatic rings. The van der Waals surface area contributed by atoms with Gasteiger partial charge in [0.2, 0.25) is 0 Å². The minimum Gasteiger partial charge on any atom is -0.408 e. The molecule has 2 aromatic heterocycles. The number of H-pyrrole nitrogens is 1. The molecule has 19 heavy (non-hydrogen) atoms. The zero-order valence-corrected chi connectivity index (χ0v) is 10.0. The van der Waals surface area contributed by atoms with Gasteiger partial charge in [-0.2, -0.15) is 0 Å². The molecule has 1 aromatic carbocycles. The molecule has 0 radical (unpaired) electrons. The molecule has 3 N–H and O–H groups in total. The topological polar surface area (TPSA) is 97.8 Å². The maximum atomic E-state index is 11.1. The Hall–Kier alpha value is -2.47. The first-order valence-corrected chi connectivity index (χ1v) is 5.86. The molecule has 1 atom stereocenters. The van der Waals surface area contributed by atoms with E-state index in [0.29, 0.717) is 17.6 Å². The van der Waals surface area contributed by atoms with Gasteiger partial charge in [0.1, 0.15) is 6.33 Å². The standard InChI is InChI=1S/C13H12N4O2/c14-6-9(10-3-4-15-7-16-10)8-1-2-11-12(5-8)19-13(18)17-11/h1-5,7,9H,6,14H2,(H,17,18). The summed E-state index contributed by atoms with van der Waals surface area (Å²) >= 11 is 0. The third-order valence-corrected chi connectivity index (χ3v) is 3.04. The third-order valence-electron chi connectivity index (χ3n) is 3.04. The maximum absolute atomic E-state index is 11.1. The van der Waals surface area contributed by atoms with Crippen LogP contribution >= 0.6 is 0 Å². The summed E-state index contributed by atoms with van der Waals surface area (Å²) in [4.78, 5) is 21.9. The number of hydrogen-bond acceptors (Lipinski definition) is 5. The van der Waals surface area contributed by atoms with Crippen molar-refractivity contribution in [3.63, 3.8) is 0 Å². The lowest BCUT2D eigenvalue weighted by atomic mass is 9.95. The molecule has 2 heterocycles. The predicted molar refractivity (Wildman–Crippen MR) is 69.8 cm³/mol. The molecule has 0 aliphatic heterocycles. The van der Waals surface area contributed by atoms with Crippen LogP contribution in [-0.4, -0.2) is 21.5 Å². The van der Waals surface area contributed by atoms with E-state index < -0.39 is 5.76 Å². The first-order valence-electron chi connectivity index (χ1n) is 5.86. The van der Waals surface area contributed by atoms with Crippen molar-refractivity contribution in [2.75, 3.05) is 6.54 Å². The Kier molecular flexibility index (Phi) is 2.85. The van der Waals surface area contributed by atoms with E-state index in [9.17, 15) is 4.79 Å². The Morgan fingerprint density at radius 3 is 3.00 bits per heavy atom. The zero-order chi connectivity index (χ0) is 13.2. The van der Waals surface area contributed by atoms with Crippen molar-refractivity contribution in [2.24, 2.45) is 5.73 Å². The van der Waals surface area contributed by atoms with Crippen LogP contribution in [0.1, 0.15) is 17.2 Å². The van der Waals surface area contributed by atoms with Gasteiger partial charge >= 0.3 is 5.76 Å². The number of aromatic nitrogens is 3.